The molecule has 0 saturated carbocycles. The average Bonchev–Trinajstić information content (AvgIpc) is 2.58. The van der Waals surface area contributed by atoms with Crippen LogP contribution in [0.4, 0.5) is 13.2 Å². The van der Waals surface area contributed by atoms with Crippen molar-refractivity contribution in [2.45, 2.75) is 38.4 Å². The number of amides is 1. The molecule has 0 fully saturated rings. The summed E-state index contributed by atoms with van der Waals surface area (Å²) in [5.41, 5.74) is 1.04. The van der Waals surface area contributed by atoms with Gasteiger partial charge in [-0.2, -0.15) is 13.2 Å². The first kappa shape index (κ1) is 21.8. The van der Waals surface area contributed by atoms with Crippen LogP contribution < -0.4 is 10.6 Å². The van der Waals surface area contributed by atoms with E-state index in [4.69, 9.17) is 0 Å². The molecule has 0 saturated heterocycles. The fourth-order valence-electron chi connectivity index (χ4n) is 2.13. The van der Waals surface area contributed by atoms with Crippen molar-refractivity contribution in [3.8, 4) is 0 Å². The Morgan fingerprint density at radius 1 is 1.19 bits per heavy atom. The van der Waals surface area contributed by atoms with Crippen molar-refractivity contribution in [2.75, 3.05) is 27.2 Å². The highest BCUT2D eigenvalue weighted by molar-refractivity contribution is 5.85. The Morgan fingerprint density at radius 2 is 1.85 bits per heavy atom. The molecule has 0 aliphatic carbocycles. The van der Waals surface area contributed by atoms with Crippen LogP contribution in [0.3, 0.4) is 0 Å². The molecule has 1 rings (SSSR count). The minimum absolute atomic E-state index is 0.0353. The number of hydrogen-bond acceptors (Lipinski definition) is 2. The van der Waals surface area contributed by atoms with Gasteiger partial charge >= 0.3 is 6.18 Å². The number of likely N-dealkylation sites (N-methyl/N-ethyl adjacent to an activating group) is 1. The third-order valence-corrected chi connectivity index (χ3v) is 3.70. The summed E-state index contributed by atoms with van der Waals surface area (Å²) in [6.07, 6.45) is -4.51. The maximum atomic E-state index is 12.2. The molecular formula is C18H27F3N4O. The van der Waals surface area contributed by atoms with E-state index in [1.54, 1.807) is 14.1 Å². The second-order valence-corrected chi connectivity index (χ2v) is 6.23. The Balaban J connectivity index is 2.61. The van der Waals surface area contributed by atoms with E-state index in [1.165, 1.54) is 4.90 Å². The van der Waals surface area contributed by atoms with Gasteiger partial charge in [0, 0.05) is 27.1 Å². The molecule has 0 heterocycles. The van der Waals surface area contributed by atoms with Crippen LogP contribution in [0.5, 0.6) is 0 Å². The van der Waals surface area contributed by atoms with E-state index < -0.39 is 12.6 Å². The van der Waals surface area contributed by atoms with Crippen molar-refractivity contribution in [1.82, 2.24) is 15.5 Å². The Morgan fingerprint density at radius 3 is 2.42 bits per heavy atom. The molecule has 2 N–H and O–H groups in total. The van der Waals surface area contributed by atoms with Gasteiger partial charge < -0.3 is 15.5 Å². The first-order chi connectivity index (χ1) is 12.2. The second-order valence-electron chi connectivity index (χ2n) is 6.23. The number of halogens is 3. The molecule has 146 valence electrons. The van der Waals surface area contributed by atoms with Gasteiger partial charge in [-0.25, -0.2) is 4.99 Å². The third-order valence-electron chi connectivity index (χ3n) is 3.70. The standard InChI is InChI=1S/C18H27F3N4O/c1-14(15-9-5-4-6-10-15)24-17(23-13-16(26)25(2)3)22-12-8-7-11-18(19,20)21/h4-6,9-10,14H,7-8,11-13H2,1-3H3,(H2,22,23,24). The lowest BCUT2D eigenvalue weighted by Gasteiger charge is -2.19. The molecule has 1 unspecified atom stereocenters. The van der Waals surface area contributed by atoms with E-state index in [2.05, 4.69) is 15.6 Å². The Kier molecular flexibility index (Phi) is 8.95. The molecule has 0 aliphatic heterocycles. The number of alkyl halides is 3. The lowest BCUT2D eigenvalue weighted by molar-refractivity contribution is -0.135. The predicted octanol–water partition coefficient (Wildman–Crippen LogP) is 3.10. The van der Waals surface area contributed by atoms with Gasteiger partial charge in [-0.3, -0.25) is 4.79 Å². The van der Waals surface area contributed by atoms with Crippen molar-refractivity contribution in [1.29, 1.82) is 0 Å². The summed E-state index contributed by atoms with van der Waals surface area (Å²) in [7, 11) is 3.28. The van der Waals surface area contributed by atoms with E-state index >= 15 is 0 Å². The largest absolute Gasteiger partial charge is 0.389 e. The van der Waals surface area contributed by atoms with Crippen molar-refractivity contribution < 1.29 is 18.0 Å². The number of nitrogens with one attached hydrogen (secondary N) is 2. The van der Waals surface area contributed by atoms with Gasteiger partial charge in [0.2, 0.25) is 5.91 Å². The number of guanidine groups is 1. The van der Waals surface area contributed by atoms with E-state index in [-0.39, 0.29) is 24.9 Å². The summed E-state index contributed by atoms with van der Waals surface area (Å²) in [6.45, 7) is 2.26. The summed E-state index contributed by atoms with van der Waals surface area (Å²) in [5, 5.41) is 6.18. The van der Waals surface area contributed by atoms with E-state index in [1.807, 2.05) is 37.3 Å². The maximum absolute atomic E-state index is 12.2. The topological polar surface area (TPSA) is 56.7 Å². The minimum atomic E-state index is -4.13. The van der Waals surface area contributed by atoms with Crippen molar-refractivity contribution >= 4 is 11.9 Å². The fourth-order valence-corrected chi connectivity index (χ4v) is 2.13. The summed E-state index contributed by atoms with van der Waals surface area (Å²) in [4.78, 5) is 17.4. The normalized spacial score (nSPS) is 13.2. The lowest BCUT2D eigenvalue weighted by atomic mass is 10.1. The van der Waals surface area contributed by atoms with E-state index in [0.717, 1.165) is 5.56 Å². The second kappa shape index (κ2) is 10.7. The molecule has 8 heteroatoms. The highest BCUT2D eigenvalue weighted by Crippen LogP contribution is 2.21. The zero-order chi connectivity index (χ0) is 19.6. The number of carbonyl (C=O) groups is 1. The van der Waals surface area contributed by atoms with Crippen molar-refractivity contribution in [3.05, 3.63) is 35.9 Å². The third kappa shape index (κ3) is 9.29. The molecule has 1 aromatic rings. The number of aliphatic imine (C=N–C) groups is 1. The molecule has 1 atom stereocenters. The monoisotopic (exact) mass is 372 g/mol. The molecule has 1 aromatic carbocycles. The smallest absolute Gasteiger partial charge is 0.356 e. The molecule has 0 radical (unpaired) electrons. The average molecular weight is 372 g/mol. The van der Waals surface area contributed by atoms with Crippen molar-refractivity contribution in [3.63, 3.8) is 0 Å². The van der Waals surface area contributed by atoms with Crippen LogP contribution in [0.1, 0.15) is 37.8 Å². The number of hydrogen-bond donors (Lipinski definition) is 2. The number of nitrogens with zero attached hydrogens (tertiary/aromatic N) is 2. The number of carbonyl (C=O) groups excluding carboxylic acids is 1. The van der Waals surface area contributed by atoms with Gasteiger partial charge in [0.15, 0.2) is 5.96 Å². The van der Waals surface area contributed by atoms with Gasteiger partial charge in [0.25, 0.3) is 0 Å². The highest BCUT2D eigenvalue weighted by atomic mass is 19.4. The molecule has 0 aromatic heterocycles. The van der Waals surface area contributed by atoms with Gasteiger partial charge in [-0.1, -0.05) is 30.3 Å². The van der Waals surface area contributed by atoms with Crippen LogP contribution in [-0.2, 0) is 4.79 Å². The van der Waals surface area contributed by atoms with Crippen LogP contribution in [-0.4, -0.2) is 50.1 Å². The quantitative estimate of drug-likeness (QED) is 0.419. The minimum Gasteiger partial charge on any atom is -0.356 e. The molecule has 0 aliphatic rings. The molecule has 1 amide bonds. The van der Waals surface area contributed by atoms with E-state index in [0.29, 0.717) is 18.9 Å². The van der Waals surface area contributed by atoms with E-state index in [9.17, 15) is 18.0 Å². The summed E-state index contributed by atoms with van der Waals surface area (Å²) in [6, 6.07) is 9.62. The Hall–Kier alpha value is -2.25. The number of benzene rings is 1. The van der Waals surface area contributed by atoms with Gasteiger partial charge in [0.1, 0.15) is 6.54 Å². The Bertz CT molecular complexity index is 574. The lowest BCUT2D eigenvalue weighted by Crippen LogP contribution is -2.40. The van der Waals surface area contributed by atoms with Crippen molar-refractivity contribution in [2.24, 2.45) is 4.99 Å². The number of rotatable bonds is 8. The van der Waals surface area contributed by atoms with Crippen LogP contribution >= 0.6 is 0 Å². The molecular weight excluding hydrogens is 345 g/mol. The van der Waals surface area contributed by atoms with Crippen LogP contribution in [0.15, 0.2) is 35.3 Å². The van der Waals surface area contributed by atoms with Crippen LogP contribution in [0.25, 0.3) is 0 Å². The summed E-state index contributed by atoms with van der Waals surface area (Å²) in [5.74, 6) is 0.249. The van der Waals surface area contributed by atoms with Crippen LogP contribution in [0.2, 0.25) is 0 Å². The molecule has 26 heavy (non-hydrogen) atoms. The summed E-state index contributed by atoms with van der Waals surface area (Å²) >= 11 is 0. The highest BCUT2D eigenvalue weighted by Gasteiger charge is 2.25. The zero-order valence-electron chi connectivity index (χ0n) is 15.4. The molecule has 5 nitrogen and oxygen atoms in total. The Labute approximate surface area is 152 Å². The fraction of sp³-hybridized carbons (Fsp3) is 0.556. The molecule has 0 bridgehead atoms. The maximum Gasteiger partial charge on any atom is 0.389 e. The van der Waals surface area contributed by atoms with Gasteiger partial charge in [-0.05, 0) is 25.3 Å². The first-order valence-electron chi connectivity index (χ1n) is 8.55. The SMILES string of the molecule is CC(NC(=NCC(=O)N(C)C)NCCCCC(F)(F)F)c1ccccc1. The first-order valence-corrected chi connectivity index (χ1v) is 8.55. The summed E-state index contributed by atoms with van der Waals surface area (Å²) < 4.78 is 36.6. The van der Waals surface area contributed by atoms with Gasteiger partial charge in [0.05, 0.1) is 6.04 Å². The molecule has 0 spiro atoms. The number of unbranched alkanes of at least 4 members (excludes halogenated alkanes) is 1. The predicted molar refractivity (Wildman–Crippen MR) is 96.9 cm³/mol. The van der Waals surface area contributed by atoms with Crippen LogP contribution in [0, 0.1) is 0 Å². The zero-order valence-corrected chi connectivity index (χ0v) is 15.4. The van der Waals surface area contributed by atoms with Gasteiger partial charge in [-0.15, -0.1) is 0 Å².